The Morgan fingerprint density at radius 2 is 1.56 bits per heavy atom. The molecule has 3 aromatic carbocycles. The fourth-order valence-corrected chi connectivity index (χ4v) is 5.06. The minimum atomic E-state index is 0.690. The highest BCUT2D eigenvalue weighted by molar-refractivity contribution is 9.10. The predicted octanol–water partition coefficient (Wildman–Crippen LogP) is 5.67. The maximum Gasteiger partial charge on any atom is 0.144 e. The molecule has 1 aromatic heterocycles. The van der Waals surface area contributed by atoms with Gasteiger partial charge in [0.1, 0.15) is 24.0 Å². The number of piperazine rings is 1. The van der Waals surface area contributed by atoms with Gasteiger partial charge >= 0.3 is 0 Å². The molecule has 0 aliphatic carbocycles. The van der Waals surface area contributed by atoms with Crippen LogP contribution in [0.4, 0.5) is 11.5 Å². The van der Waals surface area contributed by atoms with Gasteiger partial charge in [0.2, 0.25) is 0 Å². The Hall–Kier alpha value is -3.00. The molecule has 0 saturated carbocycles. The molecule has 1 aliphatic rings. The second kappa shape index (κ2) is 11.4. The topological polar surface area (TPSA) is 44.7 Å². The van der Waals surface area contributed by atoms with Crippen molar-refractivity contribution in [2.45, 2.75) is 13.5 Å². The largest absolute Gasteiger partial charge is 0.492 e. The Bertz CT molecular complexity index is 1300. The Labute approximate surface area is 221 Å². The number of anilines is 2. The highest BCUT2D eigenvalue weighted by Crippen LogP contribution is 2.29. The Kier molecular flexibility index (Phi) is 7.80. The second-order valence-electron chi connectivity index (χ2n) is 9.22. The van der Waals surface area contributed by atoms with Gasteiger partial charge in [-0.2, -0.15) is 0 Å². The van der Waals surface area contributed by atoms with Gasteiger partial charge in [0.05, 0.1) is 5.52 Å². The Morgan fingerprint density at radius 1 is 0.861 bits per heavy atom. The third kappa shape index (κ3) is 5.86. The van der Waals surface area contributed by atoms with Crippen LogP contribution in [0.3, 0.4) is 0 Å². The van der Waals surface area contributed by atoms with E-state index in [0.717, 1.165) is 73.3 Å². The number of aryl methyl sites for hydroxylation is 1. The lowest BCUT2D eigenvalue weighted by atomic mass is 10.2. The number of hydrogen-bond acceptors (Lipinski definition) is 6. The first kappa shape index (κ1) is 24.7. The third-order valence-corrected chi connectivity index (χ3v) is 7.50. The molecule has 0 spiro atoms. The van der Waals surface area contributed by atoms with Crippen molar-refractivity contribution in [1.82, 2.24) is 19.8 Å². The van der Waals surface area contributed by atoms with Crippen LogP contribution >= 0.6 is 15.9 Å². The summed E-state index contributed by atoms with van der Waals surface area (Å²) in [5, 5.41) is 1.04. The monoisotopic (exact) mass is 545 g/mol. The van der Waals surface area contributed by atoms with Gasteiger partial charge in [0.15, 0.2) is 0 Å². The molecule has 0 radical (unpaired) electrons. The summed E-state index contributed by atoms with van der Waals surface area (Å²) in [6.45, 7) is 8.87. The number of nitrogens with zero attached hydrogens (tertiary/aromatic N) is 5. The van der Waals surface area contributed by atoms with E-state index in [1.54, 1.807) is 0 Å². The molecule has 5 rings (SSSR count). The van der Waals surface area contributed by atoms with E-state index < -0.39 is 0 Å². The first-order valence-corrected chi connectivity index (χ1v) is 13.2. The van der Waals surface area contributed by atoms with Crippen molar-refractivity contribution >= 4 is 38.3 Å². The molecule has 7 heteroatoms. The van der Waals surface area contributed by atoms with Gasteiger partial charge in [-0.3, -0.25) is 9.80 Å². The lowest BCUT2D eigenvalue weighted by Gasteiger charge is -2.34. The van der Waals surface area contributed by atoms with Crippen molar-refractivity contribution < 1.29 is 4.74 Å². The maximum absolute atomic E-state index is 6.07. The zero-order chi connectivity index (χ0) is 24.9. The van der Waals surface area contributed by atoms with Crippen LogP contribution in [0.25, 0.3) is 10.9 Å². The van der Waals surface area contributed by atoms with Crippen LogP contribution in [-0.4, -0.2) is 66.1 Å². The normalized spacial score (nSPS) is 14.8. The van der Waals surface area contributed by atoms with Crippen molar-refractivity contribution in [3.63, 3.8) is 0 Å². The maximum atomic E-state index is 6.07. The molecular weight excluding hydrogens is 514 g/mol. The lowest BCUT2D eigenvalue weighted by molar-refractivity contribution is 0.112. The number of para-hydroxylation sites is 1. The molecular formula is C29H32BrN5O. The molecule has 4 aromatic rings. The summed E-state index contributed by atoms with van der Waals surface area (Å²) in [4.78, 5) is 16.4. The van der Waals surface area contributed by atoms with Gasteiger partial charge in [-0.1, -0.05) is 46.3 Å². The van der Waals surface area contributed by atoms with Crippen LogP contribution < -0.4 is 9.64 Å². The summed E-state index contributed by atoms with van der Waals surface area (Å²) in [5.41, 5.74) is 3.37. The molecule has 0 unspecified atom stereocenters. The van der Waals surface area contributed by atoms with Crippen LogP contribution in [-0.2, 0) is 6.54 Å². The van der Waals surface area contributed by atoms with Crippen LogP contribution in [0.5, 0.6) is 5.75 Å². The molecule has 186 valence electrons. The molecule has 1 saturated heterocycles. The molecule has 1 fully saturated rings. The number of halogens is 1. The fraction of sp³-hybridized carbons (Fsp3) is 0.310. The van der Waals surface area contributed by atoms with Gasteiger partial charge in [0, 0.05) is 61.9 Å². The third-order valence-electron chi connectivity index (χ3n) is 6.73. The number of ether oxygens (including phenoxy) is 1. The highest BCUT2D eigenvalue weighted by atomic mass is 79.9. The van der Waals surface area contributed by atoms with Crippen molar-refractivity contribution in [2.24, 2.45) is 0 Å². The fourth-order valence-electron chi connectivity index (χ4n) is 4.65. The number of aromatic nitrogens is 2. The van der Waals surface area contributed by atoms with E-state index in [9.17, 15) is 0 Å². The van der Waals surface area contributed by atoms with Gasteiger partial charge in [-0.05, 0) is 55.0 Å². The number of rotatable bonds is 8. The average Bonchev–Trinajstić information content (AvgIpc) is 2.90. The van der Waals surface area contributed by atoms with Gasteiger partial charge in [-0.15, -0.1) is 0 Å². The molecule has 0 amide bonds. The number of hydrogen-bond donors (Lipinski definition) is 0. The van der Waals surface area contributed by atoms with Crippen LogP contribution in [0.2, 0.25) is 0 Å². The van der Waals surface area contributed by atoms with Gasteiger partial charge in [0.25, 0.3) is 0 Å². The summed E-state index contributed by atoms with van der Waals surface area (Å²) in [6, 6.07) is 24.9. The first-order chi connectivity index (χ1) is 17.6. The average molecular weight is 547 g/mol. The van der Waals surface area contributed by atoms with E-state index in [2.05, 4.69) is 78.1 Å². The van der Waals surface area contributed by atoms with E-state index in [-0.39, 0.29) is 0 Å². The zero-order valence-corrected chi connectivity index (χ0v) is 22.5. The molecule has 0 N–H and O–H groups in total. The number of fused-ring (bicyclic) bond motifs is 1. The van der Waals surface area contributed by atoms with Crippen LogP contribution in [0, 0.1) is 6.92 Å². The predicted molar refractivity (Wildman–Crippen MR) is 150 cm³/mol. The molecule has 1 aliphatic heterocycles. The van der Waals surface area contributed by atoms with E-state index in [1.807, 2.05) is 44.3 Å². The smallest absolute Gasteiger partial charge is 0.144 e. The molecule has 2 heterocycles. The number of benzene rings is 3. The molecule has 6 nitrogen and oxygen atoms in total. The summed E-state index contributed by atoms with van der Waals surface area (Å²) in [5.74, 6) is 2.57. The SMILES string of the molecule is Cc1nc(N(C)c2ccc(OCCN3CCN(Cc4ccccc4Br)CC3)cc2)c2ccccc2n1. The van der Waals surface area contributed by atoms with Crippen molar-refractivity contribution in [2.75, 3.05) is 51.3 Å². The zero-order valence-electron chi connectivity index (χ0n) is 20.9. The van der Waals surface area contributed by atoms with E-state index in [4.69, 9.17) is 9.72 Å². The van der Waals surface area contributed by atoms with E-state index in [1.165, 1.54) is 10.0 Å². The van der Waals surface area contributed by atoms with Gasteiger partial charge < -0.3 is 9.64 Å². The van der Waals surface area contributed by atoms with E-state index in [0.29, 0.717) is 6.61 Å². The van der Waals surface area contributed by atoms with E-state index >= 15 is 0 Å². The summed E-state index contributed by atoms with van der Waals surface area (Å²) in [7, 11) is 2.04. The van der Waals surface area contributed by atoms with Crippen LogP contribution in [0.1, 0.15) is 11.4 Å². The highest BCUT2D eigenvalue weighted by Gasteiger charge is 2.17. The molecule has 0 atom stereocenters. The molecule has 0 bridgehead atoms. The van der Waals surface area contributed by atoms with Crippen molar-refractivity contribution in [3.8, 4) is 5.75 Å². The standard InChI is InChI=1S/C29H32BrN5O/c1-22-31-28-10-6-4-8-26(28)29(32-22)33(2)24-11-13-25(14-12-24)36-20-19-34-15-17-35(18-16-34)21-23-7-3-5-9-27(23)30/h3-14H,15-21H2,1-2H3. The summed E-state index contributed by atoms with van der Waals surface area (Å²) < 4.78 is 7.26. The second-order valence-corrected chi connectivity index (χ2v) is 10.1. The molecule has 36 heavy (non-hydrogen) atoms. The van der Waals surface area contributed by atoms with Gasteiger partial charge in [-0.25, -0.2) is 9.97 Å². The quantitative estimate of drug-likeness (QED) is 0.284. The minimum Gasteiger partial charge on any atom is -0.492 e. The Balaban J connectivity index is 1.11. The summed E-state index contributed by atoms with van der Waals surface area (Å²) >= 11 is 3.67. The first-order valence-electron chi connectivity index (χ1n) is 12.4. The van der Waals surface area contributed by atoms with Crippen molar-refractivity contribution in [3.05, 3.63) is 88.7 Å². The van der Waals surface area contributed by atoms with Crippen LogP contribution in [0.15, 0.2) is 77.3 Å². The minimum absolute atomic E-state index is 0.690. The Morgan fingerprint density at radius 3 is 2.33 bits per heavy atom. The summed E-state index contributed by atoms with van der Waals surface area (Å²) in [6.07, 6.45) is 0. The van der Waals surface area contributed by atoms with Crippen molar-refractivity contribution in [1.29, 1.82) is 0 Å². The lowest BCUT2D eigenvalue weighted by Crippen LogP contribution is -2.47.